The van der Waals surface area contributed by atoms with Crippen molar-refractivity contribution in [2.24, 2.45) is 0 Å². The van der Waals surface area contributed by atoms with Crippen molar-refractivity contribution in [1.29, 1.82) is 0 Å². The minimum atomic E-state index is 0.0677. The van der Waals surface area contributed by atoms with Crippen molar-refractivity contribution in [3.63, 3.8) is 0 Å². The van der Waals surface area contributed by atoms with Crippen molar-refractivity contribution in [3.05, 3.63) is 6.42 Å². The molecular formula is C8H14Cl. The van der Waals surface area contributed by atoms with E-state index in [0.29, 0.717) is 0 Å². The minimum absolute atomic E-state index is 0.0677. The molecule has 0 heterocycles. The topological polar surface area (TPSA) is 0 Å². The Morgan fingerprint density at radius 3 is 2.11 bits per heavy atom. The number of alkyl halides is 1. The van der Waals surface area contributed by atoms with E-state index >= 15 is 0 Å². The van der Waals surface area contributed by atoms with Gasteiger partial charge in [-0.3, -0.25) is 0 Å². The van der Waals surface area contributed by atoms with Gasteiger partial charge in [-0.1, -0.05) is 26.2 Å². The Morgan fingerprint density at radius 1 is 1.22 bits per heavy atom. The lowest BCUT2D eigenvalue weighted by atomic mass is 9.87. The smallest absolute Gasteiger partial charge is 0.0475 e. The van der Waals surface area contributed by atoms with Gasteiger partial charge in [0.1, 0.15) is 0 Å². The Labute approximate surface area is 62.6 Å². The average molecular weight is 146 g/mol. The fourth-order valence-electron chi connectivity index (χ4n) is 1.43. The highest BCUT2D eigenvalue weighted by atomic mass is 35.5. The van der Waals surface area contributed by atoms with Gasteiger partial charge in [0.25, 0.3) is 0 Å². The van der Waals surface area contributed by atoms with E-state index in [-0.39, 0.29) is 4.87 Å². The lowest BCUT2D eigenvalue weighted by Gasteiger charge is -2.29. The van der Waals surface area contributed by atoms with E-state index in [1.165, 1.54) is 32.1 Å². The van der Waals surface area contributed by atoms with Crippen LogP contribution in [0.15, 0.2) is 0 Å². The second-order valence-corrected chi connectivity index (χ2v) is 3.64. The van der Waals surface area contributed by atoms with E-state index in [1.54, 1.807) is 0 Å². The van der Waals surface area contributed by atoms with Crippen LogP contribution < -0.4 is 0 Å². The summed E-state index contributed by atoms with van der Waals surface area (Å²) in [7, 11) is 0. The number of halogens is 1. The summed E-state index contributed by atoms with van der Waals surface area (Å²) in [5, 5.41) is 0. The fraction of sp³-hybridized carbons (Fsp3) is 0.875. The van der Waals surface area contributed by atoms with Crippen LogP contribution >= 0.6 is 11.6 Å². The molecule has 0 aromatic rings. The van der Waals surface area contributed by atoms with Crippen LogP contribution in [0.2, 0.25) is 0 Å². The molecule has 0 aromatic heterocycles. The molecule has 0 bridgehead atoms. The molecule has 53 valence electrons. The Morgan fingerprint density at radius 2 is 1.78 bits per heavy atom. The summed E-state index contributed by atoms with van der Waals surface area (Å²) in [6.07, 6.45) is 8.52. The van der Waals surface area contributed by atoms with Crippen molar-refractivity contribution in [2.75, 3.05) is 0 Å². The summed E-state index contributed by atoms with van der Waals surface area (Å²) in [5.74, 6) is 0. The first-order chi connectivity index (χ1) is 4.27. The van der Waals surface area contributed by atoms with Crippen molar-refractivity contribution in [2.45, 2.75) is 43.9 Å². The molecule has 1 saturated carbocycles. The SMILES string of the molecule is C[CH]C1(Cl)CCCCC1. The zero-order chi connectivity index (χ0) is 6.74. The third-order valence-corrected chi connectivity index (χ3v) is 2.80. The summed E-state index contributed by atoms with van der Waals surface area (Å²) < 4.78 is 0. The maximum atomic E-state index is 6.20. The van der Waals surface area contributed by atoms with E-state index in [0.717, 1.165) is 0 Å². The van der Waals surface area contributed by atoms with Crippen LogP contribution in [0.4, 0.5) is 0 Å². The average Bonchev–Trinajstić information content (AvgIpc) is 1.90. The third-order valence-electron chi connectivity index (χ3n) is 2.20. The second kappa shape index (κ2) is 2.92. The molecule has 1 heteroatoms. The molecule has 1 rings (SSSR count). The minimum Gasteiger partial charge on any atom is -0.119 e. The highest BCUT2D eigenvalue weighted by Gasteiger charge is 2.26. The quantitative estimate of drug-likeness (QED) is 0.498. The zero-order valence-electron chi connectivity index (χ0n) is 5.99. The Bertz CT molecular complexity index is 82.6. The van der Waals surface area contributed by atoms with Gasteiger partial charge in [0.2, 0.25) is 0 Å². The van der Waals surface area contributed by atoms with Crippen molar-refractivity contribution in [1.82, 2.24) is 0 Å². The van der Waals surface area contributed by atoms with Crippen LogP contribution in [0.3, 0.4) is 0 Å². The van der Waals surface area contributed by atoms with Gasteiger partial charge < -0.3 is 0 Å². The van der Waals surface area contributed by atoms with Gasteiger partial charge >= 0.3 is 0 Å². The lowest BCUT2D eigenvalue weighted by molar-refractivity contribution is 0.426. The fourth-order valence-corrected chi connectivity index (χ4v) is 1.70. The van der Waals surface area contributed by atoms with Gasteiger partial charge in [-0.15, -0.1) is 11.6 Å². The maximum Gasteiger partial charge on any atom is 0.0475 e. The summed E-state index contributed by atoms with van der Waals surface area (Å²) in [4.78, 5) is 0.0677. The van der Waals surface area contributed by atoms with Gasteiger partial charge in [0.15, 0.2) is 0 Å². The van der Waals surface area contributed by atoms with Crippen molar-refractivity contribution >= 4 is 11.6 Å². The van der Waals surface area contributed by atoms with Gasteiger partial charge in [-0.05, 0) is 19.3 Å². The maximum absolute atomic E-state index is 6.20. The molecule has 0 aromatic carbocycles. The van der Waals surface area contributed by atoms with E-state index < -0.39 is 0 Å². The summed E-state index contributed by atoms with van der Waals surface area (Å²) in [6, 6.07) is 0. The number of rotatable bonds is 1. The van der Waals surface area contributed by atoms with E-state index in [9.17, 15) is 0 Å². The monoisotopic (exact) mass is 145 g/mol. The van der Waals surface area contributed by atoms with E-state index in [4.69, 9.17) is 11.6 Å². The largest absolute Gasteiger partial charge is 0.119 e. The molecule has 1 fully saturated rings. The molecule has 0 N–H and O–H groups in total. The van der Waals surface area contributed by atoms with Crippen LogP contribution in [-0.2, 0) is 0 Å². The number of hydrogen-bond donors (Lipinski definition) is 0. The van der Waals surface area contributed by atoms with Crippen LogP contribution in [0.25, 0.3) is 0 Å². The van der Waals surface area contributed by atoms with Crippen molar-refractivity contribution in [3.8, 4) is 0 Å². The first kappa shape index (κ1) is 7.40. The summed E-state index contributed by atoms with van der Waals surface area (Å²) >= 11 is 6.20. The second-order valence-electron chi connectivity index (χ2n) is 2.88. The molecular weight excluding hydrogens is 132 g/mol. The summed E-state index contributed by atoms with van der Waals surface area (Å²) in [5.41, 5.74) is 0. The highest BCUT2D eigenvalue weighted by molar-refractivity contribution is 6.24. The molecule has 0 atom stereocenters. The van der Waals surface area contributed by atoms with E-state index in [1.807, 2.05) is 0 Å². The first-order valence-corrected chi connectivity index (χ1v) is 4.14. The molecule has 0 saturated heterocycles. The van der Waals surface area contributed by atoms with E-state index in [2.05, 4.69) is 13.3 Å². The Hall–Kier alpha value is 0.290. The molecule has 1 aliphatic rings. The molecule has 0 unspecified atom stereocenters. The van der Waals surface area contributed by atoms with Gasteiger partial charge in [-0.25, -0.2) is 0 Å². The van der Waals surface area contributed by atoms with Crippen LogP contribution in [0, 0.1) is 6.42 Å². The van der Waals surface area contributed by atoms with Gasteiger partial charge in [0, 0.05) is 4.87 Å². The molecule has 9 heavy (non-hydrogen) atoms. The normalized spacial score (nSPS) is 26.0. The van der Waals surface area contributed by atoms with Crippen LogP contribution in [0.5, 0.6) is 0 Å². The predicted molar refractivity (Wildman–Crippen MR) is 41.6 cm³/mol. The van der Waals surface area contributed by atoms with Gasteiger partial charge in [0.05, 0.1) is 0 Å². The Balaban J connectivity index is 2.37. The first-order valence-electron chi connectivity index (χ1n) is 3.76. The van der Waals surface area contributed by atoms with Gasteiger partial charge in [-0.2, -0.15) is 0 Å². The molecule has 0 aliphatic heterocycles. The van der Waals surface area contributed by atoms with Crippen LogP contribution in [-0.4, -0.2) is 4.87 Å². The highest BCUT2D eigenvalue weighted by Crippen LogP contribution is 2.35. The zero-order valence-corrected chi connectivity index (χ0v) is 6.75. The van der Waals surface area contributed by atoms with Crippen LogP contribution in [0.1, 0.15) is 39.0 Å². The Kier molecular flexibility index (Phi) is 2.40. The lowest BCUT2D eigenvalue weighted by Crippen LogP contribution is -2.23. The third kappa shape index (κ3) is 1.86. The summed E-state index contributed by atoms with van der Waals surface area (Å²) in [6.45, 7) is 2.07. The molecule has 0 amide bonds. The standard InChI is InChI=1S/C8H14Cl/c1-2-8(9)6-4-3-5-7-8/h2H,3-7H2,1H3. The molecule has 0 nitrogen and oxygen atoms in total. The molecule has 1 aliphatic carbocycles. The predicted octanol–water partition coefficient (Wildman–Crippen LogP) is 3.15. The molecule has 1 radical (unpaired) electrons. The molecule has 0 spiro atoms. The van der Waals surface area contributed by atoms with Crippen molar-refractivity contribution < 1.29 is 0 Å². The number of hydrogen-bond acceptors (Lipinski definition) is 0.